The number of rotatable bonds is 4. The second kappa shape index (κ2) is 8.56. The Bertz CT molecular complexity index is 930. The molecule has 2 atom stereocenters. The monoisotopic (exact) mass is 406 g/mol. The molecule has 2 aliphatic heterocycles. The molecule has 0 radical (unpaired) electrons. The average molecular weight is 407 g/mol. The Hall–Kier alpha value is -2.73. The van der Waals surface area contributed by atoms with Gasteiger partial charge in [0.05, 0.1) is 5.92 Å². The van der Waals surface area contributed by atoms with E-state index in [2.05, 4.69) is 41.9 Å². The molecule has 6 heteroatoms. The summed E-state index contributed by atoms with van der Waals surface area (Å²) in [5.41, 5.74) is 4.81. The topological polar surface area (TPSA) is 56.8 Å². The molecule has 2 saturated heterocycles. The van der Waals surface area contributed by atoms with Crippen LogP contribution >= 0.6 is 0 Å². The number of likely N-dealkylation sites (tertiary alicyclic amines) is 1. The van der Waals surface area contributed by atoms with Crippen LogP contribution < -0.4 is 0 Å². The third-order valence-electron chi connectivity index (χ3n) is 6.58. The van der Waals surface area contributed by atoms with E-state index in [1.54, 1.807) is 22.2 Å². The van der Waals surface area contributed by atoms with Crippen LogP contribution in [0, 0.1) is 19.8 Å². The summed E-state index contributed by atoms with van der Waals surface area (Å²) < 4.78 is 0. The molecule has 0 saturated carbocycles. The fraction of sp³-hybridized carbons (Fsp3) is 0.458. The van der Waals surface area contributed by atoms with Crippen molar-refractivity contribution in [2.24, 2.45) is 5.92 Å². The normalized spacial score (nSPS) is 22.8. The largest absolute Gasteiger partial charge is 0.340 e. The second-order valence-corrected chi connectivity index (χ2v) is 8.68. The van der Waals surface area contributed by atoms with Crippen LogP contribution in [0.4, 0.5) is 0 Å². The van der Waals surface area contributed by atoms with Crippen molar-refractivity contribution in [2.45, 2.75) is 39.4 Å². The Kier molecular flexibility index (Phi) is 5.86. The predicted octanol–water partition coefficient (Wildman–Crippen LogP) is 2.39. The number of pyridine rings is 1. The number of piperidine rings is 1. The minimum absolute atomic E-state index is 0.0161. The van der Waals surface area contributed by atoms with Gasteiger partial charge in [0.25, 0.3) is 0 Å². The van der Waals surface area contributed by atoms with Gasteiger partial charge in [0.15, 0.2) is 0 Å². The Morgan fingerprint density at radius 1 is 1.07 bits per heavy atom. The van der Waals surface area contributed by atoms with Gasteiger partial charge in [-0.25, -0.2) is 0 Å². The first-order valence-corrected chi connectivity index (χ1v) is 10.6. The number of benzene rings is 1. The van der Waals surface area contributed by atoms with Crippen molar-refractivity contribution in [3.05, 3.63) is 65.0 Å². The van der Waals surface area contributed by atoms with Crippen LogP contribution in [0.3, 0.4) is 0 Å². The lowest BCUT2D eigenvalue weighted by molar-refractivity contribution is -0.138. The van der Waals surface area contributed by atoms with Crippen molar-refractivity contribution in [3.8, 4) is 0 Å². The first-order valence-electron chi connectivity index (χ1n) is 10.6. The number of fused-ring (bicyclic) bond motifs is 1. The van der Waals surface area contributed by atoms with Gasteiger partial charge in [-0.2, -0.15) is 0 Å². The molecular weight excluding hydrogens is 376 g/mol. The molecule has 2 aliphatic rings. The molecule has 1 aromatic heterocycles. The van der Waals surface area contributed by atoms with Gasteiger partial charge in [-0.1, -0.05) is 24.3 Å². The molecule has 2 fully saturated rings. The lowest BCUT2D eigenvalue weighted by Gasteiger charge is -2.40. The molecule has 1 aromatic carbocycles. The van der Waals surface area contributed by atoms with E-state index in [1.807, 2.05) is 19.2 Å². The molecular formula is C24H30N4O2. The summed E-state index contributed by atoms with van der Waals surface area (Å²) in [5, 5.41) is 0. The van der Waals surface area contributed by atoms with Crippen molar-refractivity contribution < 1.29 is 9.59 Å². The fourth-order valence-electron chi connectivity index (χ4n) is 4.64. The highest BCUT2D eigenvalue weighted by atomic mass is 16.2. The number of carbonyl (C=O) groups is 2. The molecule has 0 spiro atoms. The lowest BCUT2D eigenvalue weighted by Crippen LogP contribution is -2.53. The lowest BCUT2D eigenvalue weighted by atomic mass is 9.89. The first-order chi connectivity index (χ1) is 14.4. The highest BCUT2D eigenvalue weighted by Gasteiger charge is 2.43. The minimum atomic E-state index is -0.196. The van der Waals surface area contributed by atoms with Gasteiger partial charge in [-0.05, 0) is 48.6 Å². The number of aryl methyl sites for hydroxylation is 2. The van der Waals surface area contributed by atoms with Crippen LogP contribution in [-0.2, 0) is 22.7 Å². The third-order valence-corrected chi connectivity index (χ3v) is 6.58. The maximum atomic E-state index is 13.5. The summed E-state index contributed by atoms with van der Waals surface area (Å²) in [4.78, 5) is 36.2. The van der Waals surface area contributed by atoms with E-state index in [1.165, 1.54) is 16.7 Å². The maximum absolute atomic E-state index is 13.5. The van der Waals surface area contributed by atoms with Crippen molar-refractivity contribution in [2.75, 3.05) is 26.7 Å². The molecule has 2 aromatic rings. The summed E-state index contributed by atoms with van der Waals surface area (Å²) in [6.45, 7) is 7.22. The van der Waals surface area contributed by atoms with E-state index < -0.39 is 0 Å². The summed E-state index contributed by atoms with van der Waals surface area (Å²) in [7, 11) is 1.85. The molecule has 30 heavy (non-hydrogen) atoms. The number of aromatic nitrogens is 1. The third kappa shape index (κ3) is 4.24. The number of hydrogen-bond acceptors (Lipinski definition) is 4. The van der Waals surface area contributed by atoms with Gasteiger partial charge in [-0.3, -0.25) is 19.5 Å². The van der Waals surface area contributed by atoms with Crippen LogP contribution in [-0.4, -0.2) is 64.2 Å². The molecule has 0 unspecified atom stereocenters. The van der Waals surface area contributed by atoms with Gasteiger partial charge < -0.3 is 9.80 Å². The Morgan fingerprint density at radius 3 is 2.63 bits per heavy atom. The molecule has 0 aliphatic carbocycles. The molecule has 4 rings (SSSR count). The zero-order valence-electron chi connectivity index (χ0n) is 18.0. The van der Waals surface area contributed by atoms with Crippen molar-refractivity contribution in [3.63, 3.8) is 0 Å². The van der Waals surface area contributed by atoms with Crippen LogP contribution in [0.25, 0.3) is 0 Å². The number of hydrogen-bond donors (Lipinski definition) is 0. The zero-order valence-corrected chi connectivity index (χ0v) is 18.0. The minimum Gasteiger partial charge on any atom is -0.340 e. The van der Waals surface area contributed by atoms with E-state index in [-0.39, 0.29) is 30.3 Å². The standard InChI is InChI=1S/C24H30N4O2/c1-17-6-7-19(11-18(17)2)13-27-10-8-22-21(15-27)24(30)28(16-23(29)26(22)3)14-20-5-4-9-25-12-20/h4-7,9,11-12,21-22H,8,10,13-16H2,1-3H3/t21-,22+/m0/s1. The van der Waals surface area contributed by atoms with Crippen LogP contribution in [0.1, 0.15) is 28.7 Å². The van der Waals surface area contributed by atoms with E-state index in [0.29, 0.717) is 13.1 Å². The van der Waals surface area contributed by atoms with Gasteiger partial charge in [0.1, 0.15) is 6.54 Å². The van der Waals surface area contributed by atoms with E-state index in [0.717, 1.165) is 25.1 Å². The Morgan fingerprint density at radius 2 is 1.90 bits per heavy atom. The molecule has 6 nitrogen and oxygen atoms in total. The van der Waals surface area contributed by atoms with E-state index in [9.17, 15) is 9.59 Å². The quantitative estimate of drug-likeness (QED) is 0.782. The van der Waals surface area contributed by atoms with E-state index >= 15 is 0 Å². The van der Waals surface area contributed by atoms with Gasteiger partial charge >= 0.3 is 0 Å². The van der Waals surface area contributed by atoms with Crippen LogP contribution in [0.15, 0.2) is 42.7 Å². The van der Waals surface area contributed by atoms with E-state index in [4.69, 9.17) is 0 Å². The summed E-state index contributed by atoms with van der Waals surface area (Å²) in [6.07, 6.45) is 4.30. The molecule has 2 amide bonds. The first kappa shape index (κ1) is 20.5. The smallest absolute Gasteiger partial charge is 0.242 e. The number of nitrogens with zero attached hydrogens (tertiary/aromatic N) is 4. The summed E-state index contributed by atoms with van der Waals surface area (Å²) in [6, 6.07) is 10.4. The van der Waals surface area contributed by atoms with Gasteiger partial charge in [0, 0.05) is 51.7 Å². The maximum Gasteiger partial charge on any atom is 0.242 e. The van der Waals surface area contributed by atoms with Crippen molar-refractivity contribution in [1.82, 2.24) is 19.7 Å². The summed E-state index contributed by atoms with van der Waals surface area (Å²) in [5.74, 6) is -0.105. The number of carbonyl (C=O) groups excluding carboxylic acids is 2. The average Bonchev–Trinajstić information content (AvgIpc) is 2.83. The van der Waals surface area contributed by atoms with Gasteiger partial charge in [0.2, 0.25) is 11.8 Å². The van der Waals surface area contributed by atoms with Crippen molar-refractivity contribution >= 4 is 11.8 Å². The molecule has 158 valence electrons. The molecule has 0 N–H and O–H groups in total. The highest BCUT2D eigenvalue weighted by molar-refractivity contribution is 5.89. The van der Waals surface area contributed by atoms with Crippen LogP contribution in [0.2, 0.25) is 0 Å². The Labute approximate surface area is 178 Å². The van der Waals surface area contributed by atoms with Crippen LogP contribution in [0.5, 0.6) is 0 Å². The zero-order chi connectivity index (χ0) is 21.3. The fourth-order valence-corrected chi connectivity index (χ4v) is 4.64. The SMILES string of the molecule is Cc1ccc(CN2CC[C@@H]3[C@H](C2)C(=O)N(Cc2cccnc2)CC(=O)N3C)cc1C. The van der Waals surface area contributed by atoms with Gasteiger partial charge in [-0.15, -0.1) is 0 Å². The number of likely N-dealkylation sites (N-methyl/N-ethyl adjacent to an activating group) is 1. The highest BCUT2D eigenvalue weighted by Crippen LogP contribution is 2.28. The number of amides is 2. The van der Waals surface area contributed by atoms with Crippen molar-refractivity contribution in [1.29, 1.82) is 0 Å². The predicted molar refractivity (Wildman–Crippen MR) is 116 cm³/mol. The molecule has 0 bridgehead atoms. The second-order valence-electron chi connectivity index (χ2n) is 8.68. The summed E-state index contributed by atoms with van der Waals surface area (Å²) >= 11 is 0. The Balaban J connectivity index is 1.52. The molecule has 3 heterocycles.